The lowest BCUT2D eigenvalue weighted by Gasteiger charge is -2.11. The minimum Gasteiger partial charge on any atom is -0.382 e. The Hall–Kier alpha value is -2.57. The zero-order valence-electron chi connectivity index (χ0n) is 14.2. The standard InChI is InChI=1S/C17H24N6O/c1-3-4-8-19-16-21-14(18)13-15(22-16)23(17(24)20-13)10-12-7-5-6-11(2)9-12/h7,9H,3-6,8,10H2,1-2H3,(H,20,24)(H3,18,19,21,22). The van der Waals surface area contributed by atoms with Crippen molar-refractivity contribution in [2.75, 3.05) is 17.6 Å². The van der Waals surface area contributed by atoms with Gasteiger partial charge >= 0.3 is 5.69 Å². The average Bonchev–Trinajstić information content (AvgIpc) is 2.85. The minimum absolute atomic E-state index is 0.214. The predicted molar refractivity (Wildman–Crippen MR) is 97.0 cm³/mol. The van der Waals surface area contributed by atoms with E-state index in [9.17, 15) is 4.79 Å². The molecule has 2 heterocycles. The number of aromatic nitrogens is 4. The number of nitrogen functional groups attached to an aromatic ring is 1. The molecule has 7 heteroatoms. The van der Waals surface area contributed by atoms with Crippen LogP contribution in [0.2, 0.25) is 0 Å². The fourth-order valence-electron chi connectivity index (χ4n) is 2.88. The van der Waals surface area contributed by atoms with Crippen molar-refractivity contribution >= 4 is 22.9 Å². The largest absolute Gasteiger partial charge is 0.382 e. The molecule has 4 N–H and O–H groups in total. The van der Waals surface area contributed by atoms with E-state index in [0.717, 1.165) is 37.8 Å². The quantitative estimate of drug-likeness (QED) is 0.707. The third-order valence-electron chi connectivity index (χ3n) is 4.18. The minimum atomic E-state index is -0.214. The van der Waals surface area contributed by atoms with Gasteiger partial charge in [0.2, 0.25) is 5.95 Å². The molecule has 0 spiro atoms. The van der Waals surface area contributed by atoms with Crippen molar-refractivity contribution in [2.24, 2.45) is 0 Å². The topological polar surface area (TPSA) is 102 Å². The molecule has 128 valence electrons. The third-order valence-corrected chi connectivity index (χ3v) is 4.18. The van der Waals surface area contributed by atoms with Crippen molar-refractivity contribution < 1.29 is 0 Å². The van der Waals surface area contributed by atoms with Gasteiger partial charge in [-0.3, -0.25) is 4.57 Å². The van der Waals surface area contributed by atoms with Crippen molar-refractivity contribution in [1.82, 2.24) is 19.5 Å². The van der Waals surface area contributed by atoms with E-state index in [1.54, 1.807) is 4.57 Å². The molecule has 3 rings (SSSR count). The Bertz CT molecular complexity index is 858. The summed E-state index contributed by atoms with van der Waals surface area (Å²) in [5.41, 5.74) is 9.28. The first-order chi connectivity index (χ1) is 11.6. The molecule has 2 aromatic heterocycles. The molecule has 0 unspecified atom stereocenters. The number of nitrogens with one attached hydrogen (secondary N) is 2. The number of hydrogen-bond donors (Lipinski definition) is 3. The van der Waals surface area contributed by atoms with Gasteiger partial charge in [-0.2, -0.15) is 9.97 Å². The highest BCUT2D eigenvalue weighted by Crippen LogP contribution is 2.21. The van der Waals surface area contributed by atoms with Crippen molar-refractivity contribution in [1.29, 1.82) is 0 Å². The SMILES string of the molecule is CCCCNc1nc(N)c2[nH]c(=O)n(CC3=CCCC(C)=C3)c2n1. The van der Waals surface area contributed by atoms with E-state index in [0.29, 0.717) is 29.5 Å². The van der Waals surface area contributed by atoms with E-state index in [4.69, 9.17) is 5.73 Å². The summed E-state index contributed by atoms with van der Waals surface area (Å²) in [4.78, 5) is 23.8. The fourth-order valence-corrected chi connectivity index (χ4v) is 2.88. The molecule has 0 saturated carbocycles. The molecule has 24 heavy (non-hydrogen) atoms. The zero-order valence-corrected chi connectivity index (χ0v) is 14.2. The first kappa shape index (κ1) is 16.3. The van der Waals surface area contributed by atoms with Crippen molar-refractivity contribution in [2.45, 2.75) is 46.1 Å². The Kier molecular flexibility index (Phi) is 4.69. The second-order valence-electron chi connectivity index (χ2n) is 6.24. The van der Waals surface area contributed by atoms with Crippen LogP contribution in [-0.4, -0.2) is 26.1 Å². The van der Waals surface area contributed by atoms with Gasteiger partial charge < -0.3 is 16.0 Å². The number of nitrogens with zero attached hydrogens (tertiary/aromatic N) is 3. The lowest BCUT2D eigenvalue weighted by atomic mass is 10.0. The fraction of sp³-hybridized carbons (Fsp3) is 0.471. The summed E-state index contributed by atoms with van der Waals surface area (Å²) in [6.07, 6.45) is 8.50. The molecule has 2 aromatic rings. The summed E-state index contributed by atoms with van der Waals surface area (Å²) in [7, 11) is 0. The number of fused-ring (bicyclic) bond motifs is 1. The number of nitrogens with two attached hydrogens (primary N) is 1. The lowest BCUT2D eigenvalue weighted by Crippen LogP contribution is -2.18. The molecule has 0 aromatic carbocycles. The van der Waals surface area contributed by atoms with Crippen molar-refractivity contribution in [3.8, 4) is 0 Å². The average molecular weight is 328 g/mol. The number of H-pyrrole nitrogens is 1. The molecule has 0 aliphatic heterocycles. The molecular weight excluding hydrogens is 304 g/mol. The predicted octanol–water partition coefficient (Wildman–Crippen LogP) is 2.58. The molecule has 1 aliphatic carbocycles. The van der Waals surface area contributed by atoms with Gasteiger partial charge in [0.05, 0.1) is 6.54 Å². The van der Waals surface area contributed by atoms with E-state index in [1.165, 1.54) is 5.57 Å². The smallest absolute Gasteiger partial charge is 0.328 e. The molecule has 0 atom stereocenters. The number of imidazole rings is 1. The van der Waals surface area contributed by atoms with Crippen LogP contribution in [-0.2, 0) is 6.54 Å². The highest BCUT2D eigenvalue weighted by atomic mass is 16.1. The lowest BCUT2D eigenvalue weighted by molar-refractivity contribution is 0.761. The maximum absolute atomic E-state index is 12.3. The summed E-state index contributed by atoms with van der Waals surface area (Å²) in [5.74, 6) is 0.754. The maximum atomic E-state index is 12.3. The van der Waals surface area contributed by atoms with Gasteiger partial charge in [-0.05, 0) is 31.8 Å². The van der Waals surface area contributed by atoms with Gasteiger partial charge in [0.15, 0.2) is 11.5 Å². The number of aromatic amines is 1. The number of hydrogen-bond acceptors (Lipinski definition) is 5. The Morgan fingerprint density at radius 2 is 2.25 bits per heavy atom. The second-order valence-corrected chi connectivity index (χ2v) is 6.24. The summed E-state index contributed by atoms with van der Waals surface area (Å²) in [6.45, 7) is 5.50. The molecule has 7 nitrogen and oxygen atoms in total. The van der Waals surface area contributed by atoms with Crippen molar-refractivity contribution in [3.63, 3.8) is 0 Å². The van der Waals surface area contributed by atoms with E-state index in [-0.39, 0.29) is 5.69 Å². The third kappa shape index (κ3) is 3.34. The van der Waals surface area contributed by atoms with Crippen LogP contribution >= 0.6 is 0 Å². The first-order valence-corrected chi connectivity index (χ1v) is 8.44. The van der Waals surface area contributed by atoms with Gasteiger partial charge in [0.1, 0.15) is 5.52 Å². The Labute approximate surface area is 140 Å². The van der Waals surface area contributed by atoms with Crippen LogP contribution in [0.3, 0.4) is 0 Å². The second kappa shape index (κ2) is 6.90. The molecule has 0 amide bonds. The first-order valence-electron chi connectivity index (χ1n) is 8.44. The zero-order chi connectivity index (χ0) is 17.1. The van der Waals surface area contributed by atoms with E-state index in [1.807, 2.05) is 0 Å². The Morgan fingerprint density at radius 3 is 3.00 bits per heavy atom. The number of allylic oxidation sites excluding steroid dienone is 4. The van der Waals surface area contributed by atoms with Crippen LogP contribution in [0.15, 0.2) is 28.1 Å². The summed E-state index contributed by atoms with van der Waals surface area (Å²) in [6, 6.07) is 0. The van der Waals surface area contributed by atoms with Crippen LogP contribution in [0.25, 0.3) is 11.2 Å². The number of anilines is 2. The summed E-state index contributed by atoms with van der Waals surface area (Å²) in [5, 5.41) is 3.17. The van der Waals surface area contributed by atoms with Gasteiger partial charge in [-0.15, -0.1) is 0 Å². The van der Waals surface area contributed by atoms with E-state index < -0.39 is 0 Å². The van der Waals surface area contributed by atoms with E-state index >= 15 is 0 Å². The Morgan fingerprint density at radius 1 is 1.42 bits per heavy atom. The summed E-state index contributed by atoms with van der Waals surface area (Å²) < 4.78 is 1.62. The highest BCUT2D eigenvalue weighted by molar-refractivity contribution is 5.82. The van der Waals surface area contributed by atoms with Crippen LogP contribution < -0.4 is 16.7 Å². The molecule has 0 bridgehead atoms. The highest BCUT2D eigenvalue weighted by Gasteiger charge is 2.15. The number of rotatable bonds is 6. The monoisotopic (exact) mass is 328 g/mol. The van der Waals surface area contributed by atoms with Crippen LogP contribution in [0, 0.1) is 0 Å². The maximum Gasteiger partial charge on any atom is 0.328 e. The molecule has 1 aliphatic rings. The molecule has 0 radical (unpaired) electrons. The molecular formula is C17H24N6O. The number of unbranched alkanes of at least 4 members (excludes halogenated alkanes) is 1. The van der Waals surface area contributed by atoms with Crippen LogP contribution in [0.5, 0.6) is 0 Å². The Balaban J connectivity index is 1.96. The van der Waals surface area contributed by atoms with Gasteiger partial charge in [-0.25, -0.2) is 4.79 Å². The summed E-state index contributed by atoms with van der Waals surface area (Å²) >= 11 is 0. The molecule has 0 saturated heterocycles. The van der Waals surface area contributed by atoms with Gasteiger partial charge in [0, 0.05) is 6.54 Å². The van der Waals surface area contributed by atoms with Crippen molar-refractivity contribution in [3.05, 3.63) is 33.8 Å². The van der Waals surface area contributed by atoms with Gasteiger partial charge in [-0.1, -0.05) is 31.1 Å². The normalized spacial score (nSPS) is 14.6. The van der Waals surface area contributed by atoms with Crippen LogP contribution in [0.4, 0.5) is 11.8 Å². The van der Waals surface area contributed by atoms with Gasteiger partial charge in [0.25, 0.3) is 0 Å². The van der Waals surface area contributed by atoms with Crippen LogP contribution in [0.1, 0.15) is 39.5 Å². The molecule has 0 fully saturated rings. The van der Waals surface area contributed by atoms with E-state index in [2.05, 4.69) is 46.3 Å².